The number of rotatable bonds is 9. The molecule has 1 N–H and O–H groups in total. The van der Waals surface area contributed by atoms with E-state index < -0.39 is 0 Å². The fraction of sp³-hybridized carbons (Fsp3) is 0.381. The number of thiazole rings is 1. The molecule has 11 heteroatoms. The Kier molecular flexibility index (Phi) is 7.86. The summed E-state index contributed by atoms with van der Waals surface area (Å²) in [5.41, 5.74) is 1.85. The van der Waals surface area contributed by atoms with Crippen molar-refractivity contribution in [1.82, 2.24) is 24.6 Å². The van der Waals surface area contributed by atoms with Gasteiger partial charge < -0.3 is 19.5 Å². The molecule has 32 heavy (non-hydrogen) atoms. The van der Waals surface area contributed by atoms with Crippen LogP contribution in [0.5, 0.6) is 5.75 Å². The van der Waals surface area contributed by atoms with E-state index in [0.717, 1.165) is 12.2 Å². The third kappa shape index (κ3) is 5.86. The largest absolute Gasteiger partial charge is 0.486 e. The van der Waals surface area contributed by atoms with E-state index in [9.17, 15) is 9.59 Å². The number of aryl methyl sites for hydroxylation is 2. The Morgan fingerprint density at radius 2 is 1.94 bits per heavy atom. The Balaban J connectivity index is 1.52. The molecule has 1 aromatic carbocycles. The lowest BCUT2D eigenvalue weighted by Gasteiger charge is -2.07. The van der Waals surface area contributed by atoms with Crippen LogP contribution in [-0.4, -0.2) is 56.3 Å². The van der Waals surface area contributed by atoms with Gasteiger partial charge in [-0.05, 0) is 31.0 Å². The average molecular weight is 475 g/mol. The number of aromatic nitrogens is 4. The number of anilines is 1. The van der Waals surface area contributed by atoms with Gasteiger partial charge in [-0.15, -0.1) is 10.2 Å². The van der Waals surface area contributed by atoms with Crippen LogP contribution in [0.25, 0.3) is 0 Å². The number of ether oxygens (including phenoxy) is 1. The lowest BCUT2D eigenvalue weighted by Crippen LogP contribution is -2.21. The summed E-state index contributed by atoms with van der Waals surface area (Å²) < 4.78 is 7.60. The summed E-state index contributed by atoms with van der Waals surface area (Å²) in [5, 5.41) is 12.1. The quantitative estimate of drug-likeness (QED) is 0.475. The molecule has 9 nitrogen and oxygen atoms in total. The highest BCUT2D eigenvalue weighted by Crippen LogP contribution is 2.24. The van der Waals surface area contributed by atoms with E-state index in [1.54, 1.807) is 25.6 Å². The van der Waals surface area contributed by atoms with Gasteiger partial charge in [0, 0.05) is 21.1 Å². The monoisotopic (exact) mass is 474 g/mol. The Labute approximate surface area is 195 Å². The highest BCUT2D eigenvalue weighted by Gasteiger charge is 2.18. The van der Waals surface area contributed by atoms with Gasteiger partial charge in [-0.3, -0.25) is 9.59 Å². The van der Waals surface area contributed by atoms with Gasteiger partial charge in [0.25, 0.3) is 5.91 Å². The van der Waals surface area contributed by atoms with Crippen molar-refractivity contribution in [3.63, 3.8) is 0 Å². The van der Waals surface area contributed by atoms with Crippen molar-refractivity contribution in [3.05, 3.63) is 46.2 Å². The Hall–Kier alpha value is -2.92. The summed E-state index contributed by atoms with van der Waals surface area (Å²) in [5.74, 6) is 1.20. The minimum Gasteiger partial charge on any atom is -0.486 e. The van der Waals surface area contributed by atoms with Crippen LogP contribution < -0.4 is 10.1 Å². The third-order valence-corrected chi connectivity index (χ3v) is 6.68. The number of carbonyl (C=O) groups is 2. The zero-order valence-corrected chi connectivity index (χ0v) is 20.3. The highest BCUT2D eigenvalue weighted by molar-refractivity contribution is 7.99. The number of amides is 2. The molecule has 170 valence electrons. The van der Waals surface area contributed by atoms with Gasteiger partial charge in [0.2, 0.25) is 5.91 Å². The molecule has 0 atom stereocenters. The molecule has 2 aromatic heterocycles. The summed E-state index contributed by atoms with van der Waals surface area (Å²) in [7, 11) is 5.19. The zero-order valence-electron chi connectivity index (χ0n) is 18.7. The standard InChI is InChI=1S/C21H26N6O3S2/c1-6-14-7-9-15(10-8-14)30-11-16-24-25-21(27(16)5)31-12-17(28)23-20-22-13(2)18(32-20)19(29)26(3)4/h7-10H,6,11-12H2,1-5H3,(H,22,23,28). The maximum atomic E-state index is 12.3. The molecule has 0 fully saturated rings. The molecular weight excluding hydrogens is 448 g/mol. The van der Waals surface area contributed by atoms with Crippen LogP contribution in [0.4, 0.5) is 5.13 Å². The van der Waals surface area contributed by atoms with Crippen molar-refractivity contribution in [1.29, 1.82) is 0 Å². The van der Waals surface area contributed by atoms with E-state index in [-0.39, 0.29) is 24.2 Å². The molecule has 0 saturated carbocycles. The van der Waals surface area contributed by atoms with Crippen LogP contribution in [0, 0.1) is 6.92 Å². The van der Waals surface area contributed by atoms with Gasteiger partial charge in [-0.1, -0.05) is 42.2 Å². The fourth-order valence-electron chi connectivity index (χ4n) is 2.70. The number of thioether (sulfide) groups is 1. The Morgan fingerprint density at radius 1 is 1.22 bits per heavy atom. The summed E-state index contributed by atoms with van der Waals surface area (Å²) in [6, 6.07) is 7.95. The normalized spacial score (nSPS) is 10.8. The second kappa shape index (κ2) is 10.6. The maximum absolute atomic E-state index is 12.3. The van der Waals surface area contributed by atoms with Crippen molar-refractivity contribution >= 4 is 40.0 Å². The lowest BCUT2D eigenvalue weighted by molar-refractivity contribution is -0.113. The topological polar surface area (TPSA) is 102 Å². The number of hydrogen-bond acceptors (Lipinski definition) is 8. The molecule has 2 amide bonds. The fourth-order valence-corrected chi connectivity index (χ4v) is 4.44. The van der Waals surface area contributed by atoms with Crippen LogP contribution in [-0.2, 0) is 24.9 Å². The molecule has 0 aliphatic carbocycles. The summed E-state index contributed by atoms with van der Waals surface area (Å²) in [6.07, 6.45) is 0.981. The van der Waals surface area contributed by atoms with Crippen LogP contribution in [0.2, 0.25) is 0 Å². The van der Waals surface area contributed by atoms with E-state index in [1.165, 1.54) is 33.6 Å². The summed E-state index contributed by atoms with van der Waals surface area (Å²) >= 11 is 2.43. The first kappa shape index (κ1) is 23.7. The van der Waals surface area contributed by atoms with Crippen LogP contribution >= 0.6 is 23.1 Å². The second-order valence-corrected chi connectivity index (χ2v) is 9.16. The van der Waals surface area contributed by atoms with E-state index >= 15 is 0 Å². The van der Waals surface area contributed by atoms with Crippen molar-refractivity contribution < 1.29 is 14.3 Å². The molecule has 3 aromatic rings. The number of carbonyl (C=O) groups excluding carboxylic acids is 2. The van der Waals surface area contributed by atoms with E-state index in [4.69, 9.17) is 4.74 Å². The molecule has 0 saturated heterocycles. The predicted octanol–water partition coefficient (Wildman–Crippen LogP) is 3.15. The molecule has 0 unspecified atom stereocenters. The van der Waals surface area contributed by atoms with E-state index in [0.29, 0.717) is 26.7 Å². The highest BCUT2D eigenvalue weighted by atomic mass is 32.2. The predicted molar refractivity (Wildman–Crippen MR) is 125 cm³/mol. The number of nitrogens with zero attached hydrogens (tertiary/aromatic N) is 5. The van der Waals surface area contributed by atoms with E-state index in [1.807, 2.05) is 31.3 Å². The van der Waals surface area contributed by atoms with Gasteiger partial charge in [0.1, 0.15) is 17.2 Å². The molecular formula is C21H26N6O3S2. The van der Waals surface area contributed by atoms with Crippen molar-refractivity contribution in [2.45, 2.75) is 32.0 Å². The van der Waals surface area contributed by atoms with Crippen molar-refractivity contribution in [2.75, 3.05) is 25.2 Å². The van der Waals surface area contributed by atoms with Crippen molar-refractivity contribution in [3.8, 4) is 5.75 Å². The number of nitrogens with one attached hydrogen (secondary N) is 1. The Bertz CT molecular complexity index is 1090. The van der Waals surface area contributed by atoms with Gasteiger partial charge in [-0.25, -0.2) is 4.98 Å². The molecule has 3 rings (SSSR count). The SMILES string of the molecule is CCc1ccc(OCc2nnc(SCC(=O)Nc3nc(C)c(C(=O)N(C)C)s3)n2C)cc1. The Morgan fingerprint density at radius 3 is 2.59 bits per heavy atom. The first-order chi connectivity index (χ1) is 15.3. The molecule has 0 aliphatic rings. The van der Waals surface area contributed by atoms with Gasteiger partial charge in [0.05, 0.1) is 11.4 Å². The number of hydrogen-bond donors (Lipinski definition) is 1. The molecule has 0 radical (unpaired) electrons. The molecule has 2 heterocycles. The zero-order chi connectivity index (χ0) is 23.3. The first-order valence-corrected chi connectivity index (χ1v) is 11.8. The maximum Gasteiger partial charge on any atom is 0.265 e. The average Bonchev–Trinajstić information content (AvgIpc) is 3.32. The molecule has 0 spiro atoms. The van der Waals surface area contributed by atoms with E-state index in [2.05, 4.69) is 27.4 Å². The lowest BCUT2D eigenvalue weighted by atomic mass is 10.2. The minimum atomic E-state index is -0.232. The number of benzene rings is 1. The van der Waals surface area contributed by atoms with Crippen LogP contribution in [0.3, 0.4) is 0 Å². The molecule has 0 bridgehead atoms. The third-order valence-electron chi connectivity index (χ3n) is 4.60. The van der Waals surface area contributed by atoms with Crippen molar-refractivity contribution in [2.24, 2.45) is 7.05 Å². The smallest absolute Gasteiger partial charge is 0.265 e. The summed E-state index contributed by atoms with van der Waals surface area (Å²) in [6.45, 7) is 4.14. The van der Waals surface area contributed by atoms with Gasteiger partial charge in [0.15, 0.2) is 16.1 Å². The summed E-state index contributed by atoms with van der Waals surface area (Å²) in [4.78, 5) is 30.8. The van der Waals surface area contributed by atoms with Gasteiger partial charge >= 0.3 is 0 Å². The van der Waals surface area contributed by atoms with Crippen LogP contribution in [0.15, 0.2) is 29.4 Å². The van der Waals surface area contributed by atoms with Gasteiger partial charge in [-0.2, -0.15) is 0 Å². The molecule has 0 aliphatic heterocycles. The van der Waals surface area contributed by atoms with Crippen LogP contribution in [0.1, 0.15) is 33.7 Å². The first-order valence-electron chi connectivity index (χ1n) is 10.00. The minimum absolute atomic E-state index is 0.134. The second-order valence-electron chi connectivity index (χ2n) is 7.21.